The molecule has 1 saturated heterocycles. The lowest BCUT2D eigenvalue weighted by Crippen LogP contribution is -2.60. The minimum absolute atomic E-state index is 0.0531. The Balaban J connectivity index is 1.72. The summed E-state index contributed by atoms with van der Waals surface area (Å²) < 4.78 is 13.5. The van der Waals surface area contributed by atoms with Crippen molar-refractivity contribution in [1.82, 2.24) is 24.6 Å². The van der Waals surface area contributed by atoms with Crippen molar-refractivity contribution in [2.45, 2.75) is 71.9 Å². The van der Waals surface area contributed by atoms with Gasteiger partial charge in [-0.15, -0.1) is 0 Å². The van der Waals surface area contributed by atoms with Crippen LogP contribution in [0.25, 0.3) is 11.0 Å². The van der Waals surface area contributed by atoms with E-state index in [4.69, 9.17) is 31.9 Å². The first-order chi connectivity index (χ1) is 18.6. The van der Waals surface area contributed by atoms with Crippen LogP contribution >= 0.6 is 11.6 Å². The van der Waals surface area contributed by atoms with Gasteiger partial charge in [0.25, 0.3) is 0 Å². The quantitative estimate of drug-likeness (QED) is 0.278. The average molecular weight is 554 g/mol. The van der Waals surface area contributed by atoms with E-state index in [1.165, 1.54) is 6.33 Å². The molecule has 0 bridgehead atoms. The smallest absolute Gasteiger partial charge is 0.325 e. The Bertz CT molecular complexity index is 1420. The van der Waals surface area contributed by atoms with E-state index < -0.39 is 5.54 Å². The number of unbranched alkanes of at least 4 members (excludes halogenated alkanes) is 1. The topological polar surface area (TPSA) is 132 Å². The third-order valence-electron chi connectivity index (χ3n) is 7.52. The molecule has 3 aromatic rings. The molecule has 0 saturated carbocycles. The van der Waals surface area contributed by atoms with Crippen molar-refractivity contribution >= 4 is 34.4 Å². The summed E-state index contributed by atoms with van der Waals surface area (Å²) >= 11 is 6.72. The van der Waals surface area contributed by atoms with Crippen molar-refractivity contribution in [2.24, 2.45) is 0 Å². The summed E-state index contributed by atoms with van der Waals surface area (Å²) in [6.45, 7) is 13.5. The monoisotopic (exact) mass is 553 g/mol. The molecule has 0 aliphatic carbocycles. The van der Waals surface area contributed by atoms with Crippen LogP contribution in [0.4, 0.5) is 5.82 Å². The third-order valence-corrected chi connectivity index (χ3v) is 7.82. The van der Waals surface area contributed by atoms with Gasteiger partial charge < -0.3 is 15.2 Å². The molecule has 4 rings (SSSR count). The number of carbonyl (C=O) groups is 1. The van der Waals surface area contributed by atoms with E-state index in [2.05, 4.69) is 27.9 Å². The highest BCUT2D eigenvalue weighted by Crippen LogP contribution is 2.45. The zero-order valence-electron chi connectivity index (χ0n) is 23.4. The predicted molar refractivity (Wildman–Crippen MR) is 150 cm³/mol. The van der Waals surface area contributed by atoms with E-state index in [0.717, 1.165) is 29.7 Å². The number of aromatic nitrogens is 4. The number of nitrogens with zero attached hydrogens (tertiary/aromatic N) is 6. The van der Waals surface area contributed by atoms with Gasteiger partial charge in [0.2, 0.25) is 0 Å². The zero-order valence-corrected chi connectivity index (χ0v) is 24.2. The molecule has 1 aliphatic heterocycles. The summed E-state index contributed by atoms with van der Waals surface area (Å²) in [6, 6.07) is 3.73. The molecule has 0 radical (unpaired) electrons. The van der Waals surface area contributed by atoms with Gasteiger partial charge in [0, 0.05) is 30.1 Å². The van der Waals surface area contributed by atoms with Gasteiger partial charge in [-0.3, -0.25) is 9.69 Å². The molecule has 39 heavy (non-hydrogen) atoms. The molecule has 1 fully saturated rings. The van der Waals surface area contributed by atoms with Crippen LogP contribution in [0.2, 0.25) is 5.02 Å². The first-order valence-corrected chi connectivity index (χ1v) is 13.7. The van der Waals surface area contributed by atoms with Gasteiger partial charge >= 0.3 is 5.97 Å². The first-order valence-electron chi connectivity index (χ1n) is 13.3. The molecule has 1 unspecified atom stereocenters. The second-order valence-corrected chi connectivity index (χ2v) is 10.8. The van der Waals surface area contributed by atoms with Crippen LogP contribution in [0.3, 0.4) is 0 Å². The van der Waals surface area contributed by atoms with Crippen LogP contribution in [-0.4, -0.2) is 62.5 Å². The maximum Gasteiger partial charge on any atom is 0.325 e. The number of fused-ring (bicyclic) bond motifs is 1. The molecule has 11 heteroatoms. The Morgan fingerprint density at radius 1 is 1.33 bits per heavy atom. The number of hydrogen-bond acceptors (Lipinski definition) is 9. The van der Waals surface area contributed by atoms with Crippen molar-refractivity contribution in [1.29, 1.82) is 5.26 Å². The summed E-state index contributed by atoms with van der Waals surface area (Å²) in [4.78, 5) is 23.4. The van der Waals surface area contributed by atoms with E-state index >= 15 is 0 Å². The highest BCUT2D eigenvalue weighted by atomic mass is 35.5. The lowest BCUT2D eigenvalue weighted by molar-refractivity contribution is -0.159. The van der Waals surface area contributed by atoms with E-state index in [9.17, 15) is 10.1 Å². The number of aryl methyl sites for hydroxylation is 1. The number of carbonyl (C=O) groups excluding carboxylic acids is 1. The summed E-state index contributed by atoms with van der Waals surface area (Å²) in [7, 11) is 0. The van der Waals surface area contributed by atoms with Crippen molar-refractivity contribution in [2.75, 3.05) is 32.0 Å². The van der Waals surface area contributed by atoms with Gasteiger partial charge in [-0.1, -0.05) is 24.9 Å². The highest BCUT2D eigenvalue weighted by Gasteiger charge is 2.45. The van der Waals surface area contributed by atoms with Gasteiger partial charge in [0.15, 0.2) is 5.65 Å². The molecule has 3 heterocycles. The van der Waals surface area contributed by atoms with Crippen molar-refractivity contribution < 1.29 is 14.3 Å². The maximum absolute atomic E-state index is 12.8. The highest BCUT2D eigenvalue weighted by molar-refractivity contribution is 6.32. The predicted octanol–water partition coefficient (Wildman–Crippen LogP) is 4.77. The number of rotatable bonds is 10. The number of halogens is 1. The maximum atomic E-state index is 12.8. The number of likely N-dealkylation sites (tertiary alicyclic amines) is 1. The summed E-state index contributed by atoms with van der Waals surface area (Å²) in [5, 5.41) is 15.8. The van der Waals surface area contributed by atoms with Gasteiger partial charge in [-0.25, -0.2) is 14.6 Å². The molecule has 0 amide bonds. The lowest BCUT2D eigenvalue weighted by atomic mass is 9.82. The average Bonchev–Trinajstić information content (AvgIpc) is 3.21. The van der Waals surface area contributed by atoms with Crippen molar-refractivity contribution in [3.8, 4) is 11.8 Å². The zero-order chi connectivity index (χ0) is 28.5. The molecule has 1 atom stereocenters. The van der Waals surface area contributed by atoms with Gasteiger partial charge in [-0.2, -0.15) is 10.4 Å². The Hall–Kier alpha value is -3.42. The van der Waals surface area contributed by atoms with Crippen LogP contribution < -0.4 is 10.5 Å². The Kier molecular flexibility index (Phi) is 8.33. The van der Waals surface area contributed by atoms with Crippen LogP contribution in [0, 0.1) is 18.3 Å². The van der Waals surface area contributed by atoms with Gasteiger partial charge in [-0.05, 0) is 47.1 Å². The molecule has 1 aliphatic rings. The molecule has 2 N–H and O–H groups in total. The number of nitrogens with two attached hydrogens (primary N) is 1. The number of hydrogen-bond donors (Lipinski definition) is 1. The molecular formula is C28H36ClN7O3. The van der Waals surface area contributed by atoms with Gasteiger partial charge in [0.1, 0.15) is 29.5 Å². The Morgan fingerprint density at radius 2 is 2.05 bits per heavy atom. The SMILES string of the molecule is CCCCOC(=O)C(C)(C)N1CC(c2c(C#N)c(Cl)cc(C(C)n3nc(C)c4c(N)ncnc43)c2OCC)C1. The molecule has 208 valence electrons. The second kappa shape index (κ2) is 11.4. The van der Waals surface area contributed by atoms with E-state index in [1.54, 1.807) is 10.7 Å². The number of nitriles is 1. The van der Waals surface area contributed by atoms with Gasteiger partial charge in [0.05, 0.1) is 40.9 Å². The van der Waals surface area contributed by atoms with E-state index in [1.807, 2.05) is 34.6 Å². The summed E-state index contributed by atoms with van der Waals surface area (Å²) in [5.74, 6) is 0.678. The Labute approximate surface area is 234 Å². The number of benzene rings is 1. The van der Waals surface area contributed by atoms with E-state index in [0.29, 0.717) is 59.5 Å². The number of ether oxygens (including phenoxy) is 2. The lowest BCUT2D eigenvalue weighted by Gasteiger charge is -2.48. The molecule has 0 spiro atoms. The minimum atomic E-state index is -0.789. The number of nitrogen functional groups attached to an aromatic ring is 1. The second-order valence-electron chi connectivity index (χ2n) is 10.4. The van der Waals surface area contributed by atoms with Crippen molar-refractivity contribution in [3.63, 3.8) is 0 Å². The molecule has 1 aromatic carbocycles. The fraction of sp³-hybridized carbons (Fsp3) is 0.536. The van der Waals surface area contributed by atoms with Crippen LogP contribution in [0.1, 0.15) is 81.8 Å². The normalized spacial score (nSPS) is 15.1. The van der Waals surface area contributed by atoms with Crippen LogP contribution in [0.5, 0.6) is 5.75 Å². The minimum Gasteiger partial charge on any atom is -0.493 e. The number of anilines is 1. The standard InChI is InChI=1S/C28H36ClN7O3/c1-7-9-10-39-27(37)28(5,6)35-13-18(14-35)23-20(12-30)21(29)11-19(24(23)38-8-2)17(4)36-26-22(16(3)34-36)25(31)32-15-33-26/h11,15,17-18H,7-10,13-14H2,1-6H3,(H2,31,32,33). The first kappa shape index (κ1) is 28.6. The Morgan fingerprint density at radius 3 is 2.69 bits per heavy atom. The van der Waals surface area contributed by atoms with Crippen LogP contribution in [0.15, 0.2) is 12.4 Å². The summed E-state index contributed by atoms with van der Waals surface area (Å²) in [5.41, 5.74) is 8.58. The largest absolute Gasteiger partial charge is 0.493 e. The molecule has 2 aromatic heterocycles. The fourth-order valence-electron chi connectivity index (χ4n) is 5.09. The van der Waals surface area contributed by atoms with E-state index in [-0.39, 0.29) is 17.9 Å². The summed E-state index contributed by atoms with van der Waals surface area (Å²) in [6.07, 6.45) is 3.21. The fourth-order valence-corrected chi connectivity index (χ4v) is 5.36. The van der Waals surface area contributed by atoms with Crippen LogP contribution in [-0.2, 0) is 9.53 Å². The number of esters is 1. The van der Waals surface area contributed by atoms with Crippen molar-refractivity contribution in [3.05, 3.63) is 39.8 Å². The third kappa shape index (κ3) is 5.13. The molecule has 10 nitrogen and oxygen atoms in total. The molecular weight excluding hydrogens is 518 g/mol.